The van der Waals surface area contributed by atoms with Crippen LogP contribution in [0.5, 0.6) is 0 Å². The summed E-state index contributed by atoms with van der Waals surface area (Å²) >= 11 is 3.06. The van der Waals surface area contributed by atoms with Gasteiger partial charge in [-0.15, -0.1) is 22.7 Å². The molecule has 14 heteroatoms. The first kappa shape index (κ1) is 34.6. The van der Waals surface area contributed by atoms with Crippen molar-refractivity contribution >= 4 is 57.4 Å². The van der Waals surface area contributed by atoms with Crippen LogP contribution >= 0.6 is 22.7 Å². The molecule has 2 aliphatic heterocycles. The Hall–Kier alpha value is -4.43. The van der Waals surface area contributed by atoms with Crippen LogP contribution in [0.1, 0.15) is 83.1 Å². The van der Waals surface area contributed by atoms with Gasteiger partial charge in [0.2, 0.25) is 5.91 Å². The fourth-order valence-corrected chi connectivity index (χ4v) is 9.78. The van der Waals surface area contributed by atoms with E-state index in [1.807, 2.05) is 27.5 Å². The number of hydrogen-bond acceptors (Lipinski definition) is 9. The summed E-state index contributed by atoms with van der Waals surface area (Å²) in [4.78, 5) is 70.5. The van der Waals surface area contributed by atoms with Crippen LogP contribution in [-0.2, 0) is 14.4 Å². The molecule has 2 aliphatic carbocycles. The second-order valence-corrected chi connectivity index (χ2v) is 16.5. The molecule has 0 unspecified atom stereocenters. The largest absolute Gasteiger partial charge is 0.481 e. The lowest BCUT2D eigenvalue weighted by Gasteiger charge is -2.29. The minimum absolute atomic E-state index is 0.0893. The van der Waals surface area contributed by atoms with Gasteiger partial charge in [0.15, 0.2) is 5.78 Å². The summed E-state index contributed by atoms with van der Waals surface area (Å²) in [6.07, 6.45) is 17.6. The molecule has 0 radical (unpaired) electrons. The van der Waals surface area contributed by atoms with Gasteiger partial charge in [-0.25, -0.2) is 19.7 Å². The zero-order valence-electron chi connectivity index (χ0n) is 28.9. The minimum Gasteiger partial charge on any atom is -0.481 e. The lowest BCUT2D eigenvalue weighted by molar-refractivity contribution is -0.147. The van der Waals surface area contributed by atoms with Crippen molar-refractivity contribution in [2.45, 2.75) is 101 Å². The number of hydrogen-bond donors (Lipinski definition) is 3. The number of Topliss-reactive ketones (excluding diaryl/α,β-unsaturated/α-hetero) is 1. The number of urea groups is 1. The molecule has 8 rings (SSSR count). The van der Waals surface area contributed by atoms with Crippen LogP contribution in [0.15, 0.2) is 53.8 Å². The van der Waals surface area contributed by atoms with Crippen LogP contribution in [0, 0.1) is 11.3 Å². The normalized spacial score (nSPS) is 27.8. The van der Waals surface area contributed by atoms with Crippen LogP contribution in [0.4, 0.5) is 4.79 Å². The number of amides is 3. The van der Waals surface area contributed by atoms with E-state index in [2.05, 4.69) is 32.7 Å². The number of ketones is 1. The molecule has 12 nitrogen and oxygen atoms in total. The molecule has 272 valence electrons. The maximum atomic E-state index is 14.7. The second-order valence-electron chi connectivity index (χ2n) is 14.7. The van der Waals surface area contributed by atoms with E-state index in [4.69, 9.17) is 4.98 Å². The quantitative estimate of drug-likeness (QED) is 0.186. The predicted octanol–water partition coefficient (Wildman–Crippen LogP) is 6.61. The highest BCUT2D eigenvalue weighted by Crippen LogP contribution is 2.57. The maximum Gasteiger partial charge on any atom is 0.315 e. The van der Waals surface area contributed by atoms with Gasteiger partial charge in [0.1, 0.15) is 16.1 Å². The fraction of sp³-hybridized carbons (Fsp3) is 0.500. The maximum absolute atomic E-state index is 14.7. The van der Waals surface area contributed by atoms with E-state index in [0.717, 1.165) is 83.5 Å². The van der Waals surface area contributed by atoms with E-state index in [0.29, 0.717) is 19.3 Å². The number of fused-ring (bicyclic) bond motifs is 3. The molecule has 5 heterocycles. The molecule has 1 aromatic carbocycles. The van der Waals surface area contributed by atoms with Crippen LogP contribution in [0.2, 0.25) is 0 Å². The van der Waals surface area contributed by atoms with Crippen molar-refractivity contribution in [3.8, 4) is 21.1 Å². The molecule has 4 aromatic rings. The Labute approximate surface area is 309 Å². The molecular weight excluding hydrogens is 699 g/mol. The standard InChI is InChI=1S/C38H43N7O5S2/c46-31-20-38(36(48)49)19-24(38)8-4-2-1-3-5-11-28(43-37(50)42-25-9-6-7-10-25)35(47)44-21-26(18-29(31)44)45-22-41-32-27(34-40-13-15-52-34)16-23(17-30(32)45)33-39-12-14-51-33/h4,8,12-17,22,24-26,28-29H,1-3,5-7,9-11,18-21H2,(H,48,49)(H2,42,43,50)/b8-4-/t24-,26-,28+,29+,38-/m1/s1. The van der Waals surface area contributed by atoms with Gasteiger partial charge in [-0.05, 0) is 63.0 Å². The van der Waals surface area contributed by atoms with Crippen LogP contribution in [0.25, 0.3) is 32.2 Å². The summed E-state index contributed by atoms with van der Waals surface area (Å²) < 4.78 is 2.04. The van der Waals surface area contributed by atoms with E-state index >= 15 is 0 Å². The fourth-order valence-electron chi connectivity index (χ4n) is 8.50. The molecule has 0 spiro atoms. The Morgan fingerprint density at radius 3 is 2.44 bits per heavy atom. The zero-order valence-corrected chi connectivity index (χ0v) is 30.5. The second kappa shape index (κ2) is 14.5. The summed E-state index contributed by atoms with van der Waals surface area (Å²) in [5.74, 6) is -1.74. The molecule has 3 aromatic heterocycles. The highest BCUT2D eigenvalue weighted by molar-refractivity contribution is 7.13. The number of benzene rings is 1. The number of carbonyl (C=O) groups excluding carboxylic acids is 3. The Balaban J connectivity index is 1.15. The monoisotopic (exact) mass is 741 g/mol. The number of allylic oxidation sites excluding steroid dienone is 2. The smallest absolute Gasteiger partial charge is 0.315 e. The van der Waals surface area contributed by atoms with Gasteiger partial charge in [-0.2, -0.15) is 0 Å². The van der Waals surface area contributed by atoms with Crippen molar-refractivity contribution in [3.05, 3.63) is 53.8 Å². The van der Waals surface area contributed by atoms with Gasteiger partial charge in [0, 0.05) is 53.3 Å². The van der Waals surface area contributed by atoms with Crippen LogP contribution < -0.4 is 10.6 Å². The van der Waals surface area contributed by atoms with Crippen LogP contribution in [0.3, 0.4) is 0 Å². The molecule has 2 saturated carbocycles. The first-order valence-corrected chi connectivity index (χ1v) is 20.2. The molecular formula is C38H43N7O5S2. The topological polar surface area (TPSA) is 159 Å². The zero-order chi connectivity index (χ0) is 35.8. The number of rotatable bonds is 6. The Morgan fingerprint density at radius 2 is 1.69 bits per heavy atom. The number of imidazole rings is 1. The summed E-state index contributed by atoms with van der Waals surface area (Å²) in [6, 6.07) is 1.86. The molecule has 0 bridgehead atoms. The van der Waals surface area contributed by atoms with Crippen molar-refractivity contribution in [1.82, 2.24) is 35.1 Å². The molecule has 3 fully saturated rings. The number of aliphatic carboxylic acids is 1. The van der Waals surface area contributed by atoms with Gasteiger partial charge < -0.3 is 25.2 Å². The average Bonchev–Trinajstić information content (AvgIpc) is 3.88. The summed E-state index contributed by atoms with van der Waals surface area (Å²) in [5, 5.41) is 21.9. The summed E-state index contributed by atoms with van der Waals surface area (Å²) in [6.45, 7) is 0.223. The lowest BCUT2D eigenvalue weighted by atomic mass is 9.91. The van der Waals surface area contributed by atoms with Crippen molar-refractivity contribution < 1.29 is 24.3 Å². The van der Waals surface area contributed by atoms with Crippen molar-refractivity contribution in [1.29, 1.82) is 0 Å². The van der Waals surface area contributed by atoms with E-state index in [-0.39, 0.29) is 48.7 Å². The Morgan fingerprint density at radius 1 is 0.923 bits per heavy atom. The third-order valence-corrected chi connectivity index (χ3v) is 13.1. The highest BCUT2D eigenvalue weighted by Gasteiger charge is 2.61. The molecule has 52 heavy (non-hydrogen) atoms. The number of thiazole rings is 2. The number of carboxylic acid groups (broad SMARTS) is 1. The third-order valence-electron chi connectivity index (χ3n) is 11.4. The molecule has 1 saturated heterocycles. The average molecular weight is 742 g/mol. The SMILES string of the molecule is O=C(NC1CCCC1)N[C@H]1CCCCC/C=C\[C@@H]2C[C@@]2(C(=O)O)CC(=O)[C@@H]2C[C@@H](n3cnc4c(-c5nccs5)cc(-c5nccs5)cc43)CN2C1=O. The number of carbonyl (C=O) groups is 4. The highest BCUT2D eigenvalue weighted by atomic mass is 32.1. The molecule has 3 amide bonds. The summed E-state index contributed by atoms with van der Waals surface area (Å²) in [5.41, 5.74) is 2.24. The number of nitrogens with one attached hydrogen (secondary N) is 2. The lowest BCUT2D eigenvalue weighted by Crippen LogP contribution is -2.54. The van der Waals surface area contributed by atoms with Gasteiger partial charge in [0.25, 0.3) is 0 Å². The van der Waals surface area contributed by atoms with Gasteiger partial charge >= 0.3 is 12.0 Å². The molecule has 3 N–H and O–H groups in total. The van der Waals surface area contributed by atoms with Crippen molar-refractivity contribution in [2.24, 2.45) is 11.3 Å². The predicted molar refractivity (Wildman–Crippen MR) is 199 cm³/mol. The van der Waals surface area contributed by atoms with Gasteiger partial charge in [0.05, 0.1) is 34.9 Å². The third kappa shape index (κ3) is 6.78. The Kier molecular flexibility index (Phi) is 9.68. The van der Waals surface area contributed by atoms with Crippen LogP contribution in [-0.4, -0.2) is 77.9 Å². The number of aromatic nitrogens is 4. The molecule has 5 atom stereocenters. The minimum atomic E-state index is -1.16. The van der Waals surface area contributed by atoms with E-state index < -0.39 is 23.5 Å². The van der Waals surface area contributed by atoms with E-state index in [1.165, 1.54) is 22.7 Å². The van der Waals surface area contributed by atoms with E-state index in [1.54, 1.807) is 23.6 Å². The number of carboxylic acids is 1. The van der Waals surface area contributed by atoms with Crippen molar-refractivity contribution in [3.63, 3.8) is 0 Å². The first-order chi connectivity index (χ1) is 25.3. The first-order valence-electron chi connectivity index (χ1n) is 18.4. The summed E-state index contributed by atoms with van der Waals surface area (Å²) in [7, 11) is 0. The molecule has 4 aliphatic rings. The van der Waals surface area contributed by atoms with Crippen molar-refractivity contribution in [2.75, 3.05) is 6.54 Å². The van der Waals surface area contributed by atoms with E-state index in [9.17, 15) is 24.3 Å². The Bertz CT molecular complexity index is 1990. The van der Waals surface area contributed by atoms with Gasteiger partial charge in [-0.3, -0.25) is 14.4 Å². The number of nitrogens with zero attached hydrogens (tertiary/aromatic N) is 5. The van der Waals surface area contributed by atoms with Gasteiger partial charge in [-0.1, -0.05) is 37.8 Å².